The summed E-state index contributed by atoms with van der Waals surface area (Å²) in [5, 5.41) is 0. The quantitative estimate of drug-likeness (QED) is 0.728. The van der Waals surface area contributed by atoms with Gasteiger partial charge in [0.2, 0.25) is 0 Å². The molecule has 0 fully saturated rings. The molecule has 4 nitrogen and oxygen atoms in total. The molecule has 0 bridgehead atoms. The van der Waals surface area contributed by atoms with Crippen molar-refractivity contribution in [2.45, 2.75) is 12.4 Å². The van der Waals surface area contributed by atoms with E-state index in [1.165, 1.54) is 11.7 Å². The lowest BCUT2D eigenvalue weighted by atomic mass is 10.4. The Morgan fingerprint density at radius 1 is 1.46 bits per heavy atom. The van der Waals surface area contributed by atoms with Crippen LogP contribution in [0.5, 0.6) is 0 Å². The van der Waals surface area contributed by atoms with Crippen molar-refractivity contribution < 1.29 is 0 Å². The molecule has 0 N–H and O–H groups in total. The molecule has 0 unspecified atom stereocenters. The molecule has 0 saturated carbocycles. The maximum Gasteiger partial charge on any atom is 0.0953 e. The molecule has 0 aliphatic carbocycles. The summed E-state index contributed by atoms with van der Waals surface area (Å²) >= 11 is 6.83. The van der Waals surface area contributed by atoms with Gasteiger partial charge in [0, 0.05) is 6.20 Å². The lowest BCUT2D eigenvalue weighted by Gasteiger charge is -1.95. The Morgan fingerprint density at radius 3 is 3.00 bits per heavy atom. The summed E-state index contributed by atoms with van der Waals surface area (Å²) in [6.45, 7) is 0.709. The summed E-state index contributed by atoms with van der Waals surface area (Å²) in [7, 11) is 0. The summed E-state index contributed by atoms with van der Waals surface area (Å²) < 4.78 is 9.95. The molecule has 0 radical (unpaired) electrons. The van der Waals surface area contributed by atoms with E-state index in [2.05, 4.69) is 13.7 Å². The molecule has 0 aliphatic heterocycles. The Hall–Kier alpha value is -0.940. The molecule has 0 aliphatic rings. The van der Waals surface area contributed by atoms with E-state index in [0.29, 0.717) is 12.4 Å². The van der Waals surface area contributed by atoms with Crippen LogP contribution >= 0.6 is 23.3 Å². The van der Waals surface area contributed by atoms with Crippen LogP contribution in [0.3, 0.4) is 0 Å². The predicted molar refractivity (Wildman–Crippen MR) is 50.8 cm³/mol. The number of nitrogens with zero attached hydrogens (tertiary/aromatic N) is 4. The molecule has 0 aromatic carbocycles. The lowest BCUT2D eigenvalue weighted by Crippen LogP contribution is -1.95. The van der Waals surface area contributed by atoms with E-state index in [0.717, 1.165) is 11.4 Å². The Bertz CT molecular complexity index is 370. The number of hydrogen-bond donors (Lipinski definition) is 0. The number of hydrogen-bond acceptors (Lipinski definition) is 4. The first kappa shape index (κ1) is 8.65. The minimum absolute atomic E-state index is 0.447. The van der Waals surface area contributed by atoms with Crippen molar-refractivity contribution in [1.82, 2.24) is 18.3 Å². The average molecular weight is 215 g/mol. The molecule has 2 aromatic rings. The second kappa shape index (κ2) is 3.85. The van der Waals surface area contributed by atoms with Crippen molar-refractivity contribution in [3.63, 3.8) is 0 Å². The van der Waals surface area contributed by atoms with Crippen LogP contribution in [0.2, 0.25) is 0 Å². The molecular weight excluding hydrogens is 208 g/mol. The number of alkyl halides is 1. The zero-order valence-corrected chi connectivity index (χ0v) is 8.29. The first-order chi connectivity index (χ1) is 6.38. The van der Waals surface area contributed by atoms with E-state index in [4.69, 9.17) is 11.6 Å². The second-order valence-corrected chi connectivity index (χ2v) is 3.39. The summed E-state index contributed by atoms with van der Waals surface area (Å²) in [5.74, 6) is 0.447. The van der Waals surface area contributed by atoms with Gasteiger partial charge in [-0.3, -0.25) is 0 Å². The van der Waals surface area contributed by atoms with Crippen LogP contribution in [0.4, 0.5) is 0 Å². The third kappa shape index (κ3) is 2.05. The van der Waals surface area contributed by atoms with E-state index in [1.54, 1.807) is 12.5 Å². The second-order valence-electron chi connectivity index (χ2n) is 2.57. The van der Waals surface area contributed by atoms with Gasteiger partial charge < -0.3 is 4.57 Å². The van der Waals surface area contributed by atoms with E-state index in [9.17, 15) is 0 Å². The molecule has 0 atom stereocenters. The maximum absolute atomic E-state index is 5.62. The van der Waals surface area contributed by atoms with Crippen LogP contribution in [0.25, 0.3) is 0 Å². The van der Waals surface area contributed by atoms with E-state index < -0.39 is 0 Å². The van der Waals surface area contributed by atoms with Crippen molar-refractivity contribution in [3.8, 4) is 0 Å². The average Bonchev–Trinajstić information content (AvgIpc) is 2.76. The van der Waals surface area contributed by atoms with E-state index in [1.807, 2.05) is 10.8 Å². The first-order valence-corrected chi connectivity index (χ1v) is 4.98. The summed E-state index contributed by atoms with van der Waals surface area (Å²) in [6, 6.07) is 0. The topological polar surface area (TPSA) is 43.6 Å². The minimum Gasteiger partial charge on any atom is -0.331 e. The molecule has 2 aromatic heterocycles. The summed E-state index contributed by atoms with van der Waals surface area (Å²) in [6.07, 6.45) is 5.41. The van der Waals surface area contributed by atoms with Gasteiger partial charge in [0.15, 0.2) is 0 Å². The zero-order chi connectivity index (χ0) is 9.10. The summed E-state index contributed by atoms with van der Waals surface area (Å²) in [4.78, 5) is 4.10. The maximum atomic E-state index is 5.62. The van der Waals surface area contributed by atoms with Crippen LogP contribution in [-0.4, -0.2) is 18.3 Å². The van der Waals surface area contributed by atoms with Crippen molar-refractivity contribution in [2.75, 3.05) is 0 Å². The van der Waals surface area contributed by atoms with Crippen LogP contribution in [-0.2, 0) is 12.4 Å². The molecule has 2 heterocycles. The summed E-state index contributed by atoms with van der Waals surface area (Å²) in [5.41, 5.74) is 1.83. The van der Waals surface area contributed by atoms with Crippen molar-refractivity contribution in [3.05, 3.63) is 30.1 Å². The fourth-order valence-electron chi connectivity index (χ4n) is 1.00. The normalized spacial score (nSPS) is 10.5. The molecule has 13 heavy (non-hydrogen) atoms. The molecule has 2 rings (SSSR count). The van der Waals surface area contributed by atoms with Gasteiger partial charge in [0.05, 0.1) is 48.1 Å². The Kier molecular flexibility index (Phi) is 2.56. The van der Waals surface area contributed by atoms with Gasteiger partial charge in [0.1, 0.15) is 0 Å². The van der Waals surface area contributed by atoms with Crippen LogP contribution in [0, 0.1) is 0 Å². The highest BCUT2D eigenvalue weighted by atomic mass is 35.5. The Balaban J connectivity index is 2.10. The molecular formula is C7H7ClN4S. The monoisotopic (exact) mass is 214 g/mol. The third-order valence-electron chi connectivity index (χ3n) is 1.58. The molecule has 0 spiro atoms. The highest BCUT2D eigenvalue weighted by Gasteiger charge is 1.99. The standard InChI is InChI=1S/C7H7ClN4S/c8-1-6-3-12(5-9-6)4-7-2-10-13-11-7/h2-3,5H,1,4H2. The van der Waals surface area contributed by atoms with Crippen LogP contribution in [0.15, 0.2) is 18.7 Å². The third-order valence-corrected chi connectivity index (χ3v) is 2.36. The fraction of sp³-hybridized carbons (Fsp3) is 0.286. The van der Waals surface area contributed by atoms with Gasteiger partial charge in [-0.05, 0) is 0 Å². The Morgan fingerprint density at radius 2 is 2.38 bits per heavy atom. The molecule has 6 heteroatoms. The molecule has 0 saturated heterocycles. The van der Waals surface area contributed by atoms with Gasteiger partial charge >= 0.3 is 0 Å². The van der Waals surface area contributed by atoms with Crippen molar-refractivity contribution >= 4 is 23.3 Å². The highest BCUT2D eigenvalue weighted by molar-refractivity contribution is 6.99. The lowest BCUT2D eigenvalue weighted by molar-refractivity contribution is 0.781. The molecule has 0 amide bonds. The zero-order valence-electron chi connectivity index (χ0n) is 6.72. The van der Waals surface area contributed by atoms with Gasteiger partial charge in [-0.15, -0.1) is 11.6 Å². The first-order valence-electron chi connectivity index (χ1n) is 3.71. The smallest absolute Gasteiger partial charge is 0.0953 e. The van der Waals surface area contributed by atoms with E-state index in [-0.39, 0.29) is 0 Å². The van der Waals surface area contributed by atoms with Crippen LogP contribution < -0.4 is 0 Å². The number of halogens is 1. The number of imidazole rings is 1. The van der Waals surface area contributed by atoms with Gasteiger partial charge in [0.25, 0.3) is 0 Å². The van der Waals surface area contributed by atoms with E-state index >= 15 is 0 Å². The fourth-order valence-corrected chi connectivity index (χ4v) is 1.57. The largest absolute Gasteiger partial charge is 0.331 e. The van der Waals surface area contributed by atoms with Gasteiger partial charge in [-0.1, -0.05) is 0 Å². The number of rotatable bonds is 3. The predicted octanol–water partition coefficient (Wildman–Crippen LogP) is 1.52. The SMILES string of the molecule is ClCc1cn(Cc2cnsn2)cn1. The Labute approximate surface area is 84.5 Å². The minimum atomic E-state index is 0.447. The number of aromatic nitrogens is 4. The van der Waals surface area contributed by atoms with Gasteiger partial charge in [-0.25, -0.2) is 4.98 Å². The highest BCUT2D eigenvalue weighted by Crippen LogP contribution is 2.03. The van der Waals surface area contributed by atoms with Crippen molar-refractivity contribution in [1.29, 1.82) is 0 Å². The molecule has 68 valence electrons. The van der Waals surface area contributed by atoms with Gasteiger partial charge in [-0.2, -0.15) is 8.75 Å². The van der Waals surface area contributed by atoms with Crippen LogP contribution in [0.1, 0.15) is 11.4 Å². The van der Waals surface area contributed by atoms with Crippen molar-refractivity contribution in [2.24, 2.45) is 0 Å².